The van der Waals surface area contributed by atoms with E-state index in [1.807, 2.05) is 30.3 Å². The number of aromatic nitrogens is 4. The van der Waals surface area contributed by atoms with Gasteiger partial charge in [-0.05, 0) is 33.4 Å². The second kappa shape index (κ2) is 7.15. The number of methoxy groups -OCH3 is 1. The number of rotatable bonds is 6. The van der Waals surface area contributed by atoms with Gasteiger partial charge >= 0.3 is 5.97 Å². The topological polar surface area (TPSA) is 69.9 Å². The lowest BCUT2D eigenvalue weighted by Gasteiger charge is -2.03. The third kappa shape index (κ3) is 3.97. The van der Waals surface area contributed by atoms with E-state index in [4.69, 9.17) is 0 Å². The van der Waals surface area contributed by atoms with Crippen molar-refractivity contribution in [3.63, 3.8) is 0 Å². The Balaban J connectivity index is 1.92. The molecule has 0 radical (unpaired) electrons. The van der Waals surface area contributed by atoms with Crippen LogP contribution in [0.4, 0.5) is 0 Å². The minimum absolute atomic E-state index is 0.212. The zero-order valence-electron chi connectivity index (χ0n) is 10.2. The molecule has 0 spiro atoms. The fourth-order valence-corrected chi connectivity index (χ4v) is 3.13. The first-order chi connectivity index (χ1) is 9.31. The molecule has 1 aromatic heterocycles. The maximum atomic E-state index is 11.0. The second-order valence-electron chi connectivity index (χ2n) is 3.44. The van der Waals surface area contributed by atoms with Gasteiger partial charge in [0, 0.05) is 5.75 Å². The van der Waals surface area contributed by atoms with Crippen molar-refractivity contribution < 1.29 is 9.53 Å². The van der Waals surface area contributed by atoms with Crippen molar-refractivity contribution in [2.45, 2.75) is 11.6 Å². The number of ether oxygens (including phenoxy) is 1. The van der Waals surface area contributed by atoms with E-state index >= 15 is 0 Å². The maximum Gasteiger partial charge on any atom is 0.306 e. The highest BCUT2D eigenvalue weighted by Gasteiger charge is 2.09. The van der Waals surface area contributed by atoms with Gasteiger partial charge in [0.2, 0.25) is 5.16 Å². The molecule has 0 bridgehead atoms. The number of tetrazole rings is 1. The fraction of sp³-hybridized carbons (Fsp3) is 0.273. The Kier molecular flexibility index (Phi) is 5.22. The van der Waals surface area contributed by atoms with Gasteiger partial charge in [0.1, 0.15) is 0 Å². The first-order valence-corrected chi connectivity index (χ1v) is 7.83. The lowest BCUT2D eigenvalue weighted by Crippen LogP contribution is -2.01. The van der Waals surface area contributed by atoms with Crippen LogP contribution in [0.2, 0.25) is 0 Å². The normalized spacial score (nSPS) is 10.4. The predicted octanol–water partition coefficient (Wildman–Crippen LogP) is 1.97. The van der Waals surface area contributed by atoms with Crippen LogP contribution in [0, 0.1) is 0 Å². The van der Waals surface area contributed by atoms with Crippen molar-refractivity contribution in [2.75, 3.05) is 12.9 Å². The van der Waals surface area contributed by atoms with Gasteiger partial charge in [-0.2, -0.15) is 4.68 Å². The SMILES string of the molecule is COC(=O)CCSSc1nnnn1-c1ccccc1. The summed E-state index contributed by atoms with van der Waals surface area (Å²) in [6.07, 6.45) is 0.376. The minimum Gasteiger partial charge on any atom is -0.469 e. The largest absolute Gasteiger partial charge is 0.469 e. The summed E-state index contributed by atoms with van der Waals surface area (Å²) in [5.74, 6) is 0.440. The molecule has 0 saturated heterocycles. The highest BCUT2D eigenvalue weighted by Crippen LogP contribution is 2.30. The molecular weight excluding hydrogens is 284 g/mol. The second-order valence-corrected chi connectivity index (χ2v) is 5.82. The predicted molar refractivity (Wildman–Crippen MR) is 74.1 cm³/mol. The van der Waals surface area contributed by atoms with Crippen molar-refractivity contribution in [1.29, 1.82) is 0 Å². The summed E-state index contributed by atoms with van der Waals surface area (Å²) in [5, 5.41) is 12.3. The zero-order valence-corrected chi connectivity index (χ0v) is 11.9. The molecule has 19 heavy (non-hydrogen) atoms. The van der Waals surface area contributed by atoms with Crippen LogP contribution in [0.3, 0.4) is 0 Å². The molecule has 0 N–H and O–H groups in total. The first kappa shape index (κ1) is 13.9. The Morgan fingerprint density at radius 2 is 2.16 bits per heavy atom. The van der Waals surface area contributed by atoms with Crippen molar-refractivity contribution in [1.82, 2.24) is 20.2 Å². The molecule has 0 unspecified atom stereocenters. The third-order valence-corrected chi connectivity index (χ3v) is 4.39. The minimum atomic E-state index is -0.212. The van der Waals surface area contributed by atoms with Crippen molar-refractivity contribution >= 4 is 27.6 Å². The van der Waals surface area contributed by atoms with Gasteiger partial charge in [-0.3, -0.25) is 4.79 Å². The lowest BCUT2D eigenvalue weighted by atomic mass is 10.3. The average Bonchev–Trinajstić information content (AvgIpc) is 2.92. The van der Waals surface area contributed by atoms with Crippen LogP contribution < -0.4 is 0 Å². The Labute approximate surface area is 118 Å². The summed E-state index contributed by atoms with van der Waals surface area (Å²) in [6.45, 7) is 0. The number of benzene rings is 1. The molecule has 1 heterocycles. The Hall–Kier alpha value is -1.54. The van der Waals surface area contributed by atoms with E-state index in [0.29, 0.717) is 17.3 Å². The Bertz CT molecular complexity index is 533. The van der Waals surface area contributed by atoms with Crippen LogP contribution in [0.15, 0.2) is 35.5 Å². The summed E-state index contributed by atoms with van der Waals surface area (Å²) in [6, 6.07) is 9.65. The first-order valence-electron chi connectivity index (χ1n) is 5.51. The van der Waals surface area contributed by atoms with Gasteiger partial charge in [-0.15, -0.1) is 5.10 Å². The monoisotopic (exact) mass is 296 g/mol. The van der Waals surface area contributed by atoms with Gasteiger partial charge in [-0.1, -0.05) is 29.0 Å². The van der Waals surface area contributed by atoms with Crippen molar-refractivity contribution in [2.24, 2.45) is 0 Å². The molecule has 100 valence electrons. The summed E-state index contributed by atoms with van der Waals surface area (Å²) >= 11 is 0. The number of carbonyl (C=O) groups is 1. The Morgan fingerprint density at radius 3 is 2.89 bits per heavy atom. The van der Waals surface area contributed by atoms with Crippen LogP contribution in [0.25, 0.3) is 5.69 Å². The number of esters is 1. The van der Waals surface area contributed by atoms with Crippen LogP contribution in [-0.4, -0.2) is 39.0 Å². The molecule has 0 fully saturated rings. The number of carbonyl (C=O) groups excluding carboxylic acids is 1. The molecule has 1 aromatic carbocycles. The van der Waals surface area contributed by atoms with Gasteiger partial charge in [-0.25, -0.2) is 0 Å². The molecule has 2 rings (SSSR count). The van der Waals surface area contributed by atoms with E-state index in [1.165, 1.54) is 28.7 Å². The molecule has 8 heteroatoms. The number of para-hydroxylation sites is 1. The van der Waals surface area contributed by atoms with E-state index in [0.717, 1.165) is 5.69 Å². The quantitative estimate of drug-likeness (QED) is 0.458. The summed E-state index contributed by atoms with van der Waals surface area (Å²) in [5.41, 5.74) is 0.906. The Morgan fingerprint density at radius 1 is 1.37 bits per heavy atom. The van der Waals surface area contributed by atoms with Gasteiger partial charge in [0.05, 0.1) is 19.2 Å². The summed E-state index contributed by atoms with van der Waals surface area (Å²) in [7, 11) is 4.34. The molecule has 0 amide bonds. The standard InChI is InChI=1S/C11H12N4O2S2/c1-17-10(16)7-8-18-19-11-12-13-14-15(11)9-5-3-2-4-6-9/h2-6H,7-8H2,1H3. The smallest absolute Gasteiger partial charge is 0.306 e. The van der Waals surface area contributed by atoms with Crippen LogP contribution >= 0.6 is 21.6 Å². The maximum absolute atomic E-state index is 11.0. The molecule has 0 aliphatic heterocycles. The highest BCUT2D eigenvalue weighted by molar-refractivity contribution is 8.76. The molecule has 0 aliphatic rings. The number of hydrogen-bond acceptors (Lipinski definition) is 7. The van der Waals surface area contributed by atoms with Crippen LogP contribution in [-0.2, 0) is 9.53 Å². The fourth-order valence-electron chi connectivity index (χ4n) is 1.28. The number of hydrogen-bond donors (Lipinski definition) is 0. The van der Waals surface area contributed by atoms with Gasteiger partial charge in [0.25, 0.3) is 0 Å². The van der Waals surface area contributed by atoms with Crippen LogP contribution in [0.5, 0.6) is 0 Å². The van der Waals surface area contributed by atoms with Crippen molar-refractivity contribution in [3.8, 4) is 5.69 Å². The van der Waals surface area contributed by atoms with Crippen LogP contribution in [0.1, 0.15) is 6.42 Å². The van der Waals surface area contributed by atoms with Gasteiger partial charge in [0.15, 0.2) is 0 Å². The molecule has 0 saturated carbocycles. The van der Waals surface area contributed by atoms with E-state index in [2.05, 4.69) is 20.3 Å². The van der Waals surface area contributed by atoms with Crippen molar-refractivity contribution in [3.05, 3.63) is 30.3 Å². The lowest BCUT2D eigenvalue weighted by molar-refractivity contribution is -0.140. The van der Waals surface area contributed by atoms with E-state index < -0.39 is 0 Å². The summed E-state index contributed by atoms with van der Waals surface area (Å²) in [4.78, 5) is 11.0. The highest BCUT2D eigenvalue weighted by atomic mass is 33.1. The zero-order chi connectivity index (χ0) is 13.5. The van der Waals surface area contributed by atoms with E-state index in [9.17, 15) is 4.79 Å². The molecular formula is C11H12N4O2S2. The average molecular weight is 296 g/mol. The molecule has 0 aliphatic carbocycles. The number of nitrogens with zero attached hydrogens (tertiary/aromatic N) is 4. The van der Waals surface area contributed by atoms with E-state index in [1.54, 1.807) is 4.68 Å². The molecule has 0 atom stereocenters. The van der Waals surface area contributed by atoms with Gasteiger partial charge < -0.3 is 4.74 Å². The third-order valence-electron chi connectivity index (χ3n) is 2.19. The summed E-state index contributed by atoms with van der Waals surface area (Å²) < 4.78 is 6.24. The van der Waals surface area contributed by atoms with E-state index in [-0.39, 0.29) is 5.97 Å². The molecule has 6 nitrogen and oxygen atoms in total. The molecule has 2 aromatic rings.